The number of rotatable bonds is 5. The number of carboxylic acid groups (broad SMARTS) is 1. The van der Waals surface area contributed by atoms with Crippen molar-refractivity contribution in [2.45, 2.75) is 12.5 Å². The number of nitrogens with one attached hydrogen (secondary N) is 1. The van der Waals surface area contributed by atoms with Crippen molar-refractivity contribution in [3.8, 4) is 0 Å². The third kappa shape index (κ3) is 4.17. The Morgan fingerprint density at radius 3 is 2.76 bits per heavy atom. The molecule has 0 saturated carbocycles. The van der Waals surface area contributed by atoms with Gasteiger partial charge in [0.25, 0.3) is 5.91 Å². The first kappa shape index (κ1) is 15.8. The summed E-state index contributed by atoms with van der Waals surface area (Å²) in [5, 5.41) is 13.7. The van der Waals surface area contributed by atoms with E-state index in [0.29, 0.717) is 0 Å². The molecule has 0 fully saturated rings. The molecule has 0 bridgehead atoms. The molecular weight excluding hydrogens is 335 g/mol. The van der Waals surface area contributed by atoms with E-state index < -0.39 is 17.9 Å². The minimum absolute atomic E-state index is 0.105. The summed E-state index contributed by atoms with van der Waals surface area (Å²) >= 11 is 12.9. The number of aromatic nitrogens is 1. The number of hydrogen-bond acceptors (Lipinski definition) is 4. The molecule has 0 aliphatic heterocycles. The fourth-order valence-electron chi connectivity index (χ4n) is 1.67. The van der Waals surface area contributed by atoms with Crippen LogP contribution in [-0.4, -0.2) is 22.0 Å². The van der Waals surface area contributed by atoms with Crippen LogP contribution in [0.2, 0.25) is 10.2 Å². The van der Waals surface area contributed by atoms with Gasteiger partial charge in [-0.3, -0.25) is 9.59 Å². The van der Waals surface area contributed by atoms with E-state index in [1.807, 2.05) is 5.38 Å². The van der Waals surface area contributed by atoms with Gasteiger partial charge >= 0.3 is 5.97 Å². The molecule has 2 heterocycles. The smallest absolute Gasteiger partial charge is 0.305 e. The molecule has 1 amide bonds. The predicted octanol–water partition coefficient (Wildman–Crippen LogP) is 3.40. The standard InChI is InChI=1S/C13H10Cl2N2O3S/c14-8-4-7(6-16-12(8)15)13(20)17-9(5-11(18)19)10-2-1-3-21-10/h1-4,6,9H,5H2,(H,17,20)(H,18,19). The van der Waals surface area contributed by atoms with Gasteiger partial charge in [-0.1, -0.05) is 29.3 Å². The Hall–Kier alpha value is -1.63. The molecule has 2 aromatic rings. The van der Waals surface area contributed by atoms with Crippen LogP contribution in [0.15, 0.2) is 29.8 Å². The number of halogens is 2. The summed E-state index contributed by atoms with van der Waals surface area (Å²) in [7, 11) is 0. The van der Waals surface area contributed by atoms with Crippen LogP contribution in [0.4, 0.5) is 0 Å². The molecule has 2 aromatic heterocycles. The minimum Gasteiger partial charge on any atom is -0.481 e. The second-order valence-electron chi connectivity index (χ2n) is 4.14. The fourth-order valence-corrected chi connectivity index (χ4v) is 2.72. The van der Waals surface area contributed by atoms with Crippen LogP contribution in [0.25, 0.3) is 0 Å². The summed E-state index contributed by atoms with van der Waals surface area (Å²) in [6, 6.07) is 4.34. The van der Waals surface area contributed by atoms with Crippen LogP contribution >= 0.6 is 34.5 Å². The number of hydrogen-bond donors (Lipinski definition) is 2. The number of nitrogens with zero attached hydrogens (tertiary/aromatic N) is 1. The Bertz CT molecular complexity index is 661. The number of carboxylic acids is 1. The average Bonchev–Trinajstić information content (AvgIpc) is 2.94. The maximum atomic E-state index is 12.2. The molecule has 2 rings (SSSR count). The lowest BCUT2D eigenvalue weighted by Crippen LogP contribution is -2.29. The quantitative estimate of drug-likeness (QED) is 0.814. The van der Waals surface area contributed by atoms with Crippen LogP contribution in [-0.2, 0) is 4.79 Å². The zero-order valence-corrected chi connectivity index (χ0v) is 12.9. The molecular formula is C13H10Cl2N2O3S. The molecule has 0 aromatic carbocycles. The van der Waals surface area contributed by atoms with E-state index in [1.54, 1.807) is 12.1 Å². The number of amides is 1. The number of carbonyl (C=O) groups excluding carboxylic acids is 1. The highest BCUT2D eigenvalue weighted by molar-refractivity contribution is 7.10. The maximum Gasteiger partial charge on any atom is 0.305 e. The Kier molecular flexibility index (Phi) is 5.17. The van der Waals surface area contributed by atoms with E-state index in [0.717, 1.165) is 4.88 Å². The highest BCUT2D eigenvalue weighted by Crippen LogP contribution is 2.24. The average molecular weight is 345 g/mol. The normalized spacial score (nSPS) is 11.9. The second-order valence-corrected chi connectivity index (χ2v) is 5.88. The van der Waals surface area contributed by atoms with Gasteiger partial charge < -0.3 is 10.4 Å². The summed E-state index contributed by atoms with van der Waals surface area (Å²) in [5.41, 5.74) is 0.219. The monoisotopic (exact) mass is 344 g/mol. The number of aliphatic carboxylic acids is 1. The zero-order chi connectivity index (χ0) is 15.4. The summed E-state index contributed by atoms with van der Waals surface area (Å²) in [4.78, 5) is 27.6. The number of carbonyl (C=O) groups is 2. The van der Waals surface area contributed by atoms with Gasteiger partial charge in [-0.05, 0) is 17.5 Å². The van der Waals surface area contributed by atoms with Crippen molar-refractivity contribution >= 4 is 46.4 Å². The SMILES string of the molecule is O=C(O)CC(NC(=O)c1cnc(Cl)c(Cl)c1)c1cccs1. The third-order valence-electron chi connectivity index (χ3n) is 2.63. The van der Waals surface area contributed by atoms with Crippen molar-refractivity contribution in [1.82, 2.24) is 10.3 Å². The Morgan fingerprint density at radius 1 is 1.43 bits per heavy atom. The Labute approximate surface area is 134 Å². The van der Waals surface area contributed by atoms with E-state index >= 15 is 0 Å². The van der Waals surface area contributed by atoms with Crippen molar-refractivity contribution in [3.05, 3.63) is 50.4 Å². The van der Waals surface area contributed by atoms with Crippen molar-refractivity contribution in [1.29, 1.82) is 0 Å². The Morgan fingerprint density at radius 2 is 2.19 bits per heavy atom. The molecule has 0 aliphatic rings. The summed E-state index contributed by atoms with van der Waals surface area (Å²) in [6.07, 6.45) is 1.08. The van der Waals surface area contributed by atoms with Crippen LogP contribution in [0.3, 0.4) is 0 Å². The molecule has 110 valence electrons. The highest BCUT2D eigenvalue weighted by Gasteiger charge is 2.20. The highest BCUT2D eigenvalue weighted by atomic mass is 35.5. The lowest BCUT2D eigenvalue weighted by molar-refractivity contribution is -0.137. The van der Waals surface area contributed by atoms with Gasteiger partial charge in [-0.2, -0.15) is 0 Å². The van der Waals surface area contributed by atoms with Gasteiger partial charge in [-0.15, -0.1) is 11.3 Å². The minimum atomic E-state index is -0.999. The topological polar surface area (TPSA) is 79.3 Å². The summed E-state index contributed by atoms with van der Waals surface area (Å²) in [5.74, 6) is -1.46. The van der Waals surface area contributed by atoms with Crippen LogP contribution in [0.5, 0.6) is 0 Å². The summed E-state index contributed by atoms with van der Waals surface area (Å²) in [6.45, 7) is 0. The third-order valence-corrected chi connectivity index (χ3v) is 4.30. The summed E-state index contributed by atoms with van der Waals surface area (Å²) < 4.78 is 0. The molecule has 1 atom stereocenters. The van der Waals surface area contributed by atoms with Crippen LogP contribution < -0.4 is 5.32 Å². The van der Waals surface area contributed by atoms with E-state index in [2.05, 4.69) is 10.3 Å². The van der Waals surface area contributed by atoms with Gasteiger partial charge in [0.05, 0.1) is 23.0 Å². The fraction of sp³-hybridized carbons (Fsp3) is 0.154. The molecule has 5 nitrogen and oxygen atoms in total. The molecule has 0 spiro atoms. The van der Waals surface area contributed by atoms with Gasteiger partial charge in [0, 0.05) is 11.1 Å². The van der Waals surface area contributed by atoms with E-state index in [-0.39, 0.29) is 22.2 Å². The maximum absolute atomic E-state index is 12.2. The second kappa shape index (κ2) is 6.89. The first-order chi connectivity index (χ1) is 9.97. The van der Waals surface area contributed by atoms with Crippen LogP contribution in [0.1, 0.15) is 27.7 Å². The number of pyridine rings is 1. The predicted molar refractivity (Wildman–Crippen MR) is 81.0 cm³/mol. The first-order valence-electron chi connectivity index (χ1n) is 5.84. The van der Waals surface area contributed by atoms with Crippen molar-refractivity contribution < 1.29 is 14.7 Å². The van der Waals surface area contributed by atoms with Gasteiger partial charge in [0.1, 0.15) is 5.15 Å². The van der Waals surface area contributed by atoms with E-state index in [1.165, 1.54) is 23.6 Å². The van der Waals surface area contributed by atoms with E-state index in [9.17, 15) is 9.59 Å². The van der Waals surface area contributed by atoms with Gasteiger partial charge in [0.15, 0.2) is 0 Å². The van der Waals surface area contributed by atoms with Crippen LogP contribution in [0, 0.1) is 0 Å². The molecule has 0 radical (unpaired) electrons. The van der Waals surface area contributed by atoms with E-state index in [4.69, 9.17) is 28.3 Å². The lowest BCUT2D eigenvalue weighted by atomic mass is 10.1. The molecule has 8 heteroatoms. The van der Waals surface area contributed by atoms with Gasteiger partial charge in [0.2, 0.25) is 0 Å². The Balaban J connectivity index is 2.17. The van der Waals surface area contributed by atoms with Crippen molar-refractivity contribution in [2.75, 3.05) is 0 Å². The number of thiophene rings is 1. The first-order valence-corrected chi connectivity index (χ1v) is 7.48. The molecule has 1 unspecified atom stereocenters. The van der Waals surface area contributed by atoms with Crippen molar-refractivity contribution in [2.24, 2.45) is 0 Å². The largest absolute Gasteiger partial charge is 0.481 e. The molecule has 21 heavy (non-hydrogen) atoms. The molecule has 0 aliphatic carbocycles. The molecule has 0 saturated heterocycles. The van der Waals surface area contributed by atoms with Crippen molar-refractivity contribution in [3.63, 3.8) is 0 Å². The van der Waals surface area contributed by atoms with Gasteiger partial charge in [-0.25, -0.2) is 4.98 Å². The lowest BCUT2D eigenvalue weighted by Gasteiger charge is -2.15. The molecule has 2 N–H and O–H groups in total. The zero-order valence-electron chi connectivity index (χ0n) is 10.5.